The zero-order valence-corrected chi connectivity index (χ0v) is 11.1. The van der Waals surface area contributed by atoms with Crippen molar-refractivity contribution in [2.45, 2.75) is 6.54 Å². The molecule has 0 bridgehead atoms. The number of para-hydroxylation sites is 1. The molecule has 1 aromatic heterocycles. The highest BCUT2D eigenvalue weighted by Crippen LogP contribution is 2.24. The number of hydrogen-bond acceptors (Lipinski definition) is 3. The van der Waals surface area contributed by atoms with E-state index in [1.807, 2.05) is 43.4 Å². The summed E-state index contributed by atoms with van der Waals surface area (Å²) < 4.78 is 6.68. The Kier molecular flexibility index (Phi) is 4.12. The number of pyridine rings is 1. The average Bonchev–Trinajstić information content (AvgIpc) is 2.35. The van der Waals surface area contributed by atoms with E-state index in [0.717, 1.165) is 22.3 Å². The molecule has 88 valence electrons. The van der Waals surface area contributed by atoms with Gasteiger partial charge in [0.1, 0.15) is 5.75 Å². The molecule has 0 aliphatic heterocycles. The number of aromatic nitrogens is 1. The maximum Gasteiger partial charge on any atom is 0.219 e. The molecule has 1 aromatic carbocycles. The molecule has 3 nitrogen and oxygen atoms in total. The largest absolute Gasteiger partial charge is 0.439 e. The van der Waals surface area contributed by atoms with E-state index in [0.29, 0.717) is 5.88 Å². The van der Waals surface area contributed by atoms with Crippen LogP contribution < -0.4 is 10.1 Å². The topological polar surface area (TPSA) is 34.1 Å². The smallest absolute Gasteiger partial charge is 0.219 e. The van der Waals surface area contributed by atoms with E-state index in [-0.39, 0.29) is 0 Å². The van der Waals surface area contributed by atoms with Gasteiger partial charge in [0.05, 0.1) is 0 Å². The van der Waals surface area contributed by atoms with Crippen LogP contribution in [0, 0.1) is 0 Å². The fraction of sp³-hybridized carbons (Fsp3) is 0.154. The minimum Gasteiger partial charge on any atom is -0.439 e. The summed E-state index contributed by atoms with van der Waals surface area (Å²) in [6.07, 6.45) is 1.72. The van der Waals surface area contributed by atoms with E-state index >= 15 is 0 Å². The minimum absolute atomic E-state index is 0.594. The first kappa shape index (κ1) is 12.1. The number of nitrogens with one attached hydrogen (secondary N) is 1. The van der Waals surface area contributed by atoms with Gasteiger partial charge in [0.15, 0.2) is 0 Å². The lowest BCUT2D eigenvalue weighted by molar-refractivity contribution is 0.455. The van der Waals surface area contributed by atoms with Crippen LogP contribution in [0.2, 0.25) is 0 Å². The van der Waals surface area contributed by atoms with E-state index in [2.05, 4.69) is 26.2 Å². The zero-order valence-electron chi connectivity index (χ0n) is 9.48. The second kappa shape index (κ2) is 5.80. The summed E-state index contributed by atoms with van der Waals surface area (Å²) in [6, 6.07) is 11.7. The minimum atomic E-state index is 0.594. The molecule has 0 spiro atoms. The van der Waals surface area contributed by atoms with Crippen LogP contribution >= 0.6 is 15.9 Å². The van der Waals surface area contributed by atoms with Crippen LogP contribution in [0.25, 0.3) is 0 Å². The number of hydrogen-bond donors (Lipinski definition) is 1. The molecular weight excluding hydrogens is 280 g/mol. The second-order valence-corrected chi connectivity index (χ2v) is 4.47. The first-order chi connectivity index (χ1) is 8.29. The van der Waals surface area contributed by atoms with E-state index in [1.54, 1.807) is 6.20 Å². The first-order valence-electron chi connectivity index (χ1n) is 5.31. The zero-order chi connectivity index (χ0) is 12.1. The monoisotopic (exact) mass is 292 g/mol. The highest BCUT2D eigenvalue weighted by Gasteiger charge is 2.03. The molecule has 4 heteroatoms. The van der Waals surface area contributed by atoms with Crippen LogP contribution in [0.5, 0.6) is 11.6 Å². The van der Waals surface area contributed by atoms with Gasteiger partial charge in [-0.3, -0.25) is 0 Å². The number of nitrogens with zero attached hydrogens (tertiary/aromatic N) is 1. The molecule has 1 N–H and O–H groups in total. The molecule has 0 amide bonds. The number of benzene rings is 1. The van der Waals surface area contributed by atoms with Gasteiger partial charge < -0.3 is 10.1 Å². The van der Waals surface area contributed by atoms with Crippen LogP contribution in [0.4, 0.5) is 0 Å². The van der Waals surface area contributed by atoms with Gasteiger partial charge in [-0.1, -0.05) is 18.2 Å². The van der Waals surface area contributed by atoms with E-state index in [1.165, 1.54) is 0 Å². The molecule has 0 aliphatic rings. The fourth-order valence-corrected chi connectivity index (χ4v) is 1.71. The molecule has 0 saturated carbocycles. The molecule has 2 rings (SSSR count). The van der Waals surface area contributed by atoms with Gasteiger partial charge in [-0.15, -0.1) is 0 Å². The van der Waals surface area contributed by atoms with Crippen molar-refractivity contribution in [3.05, 3.63) is 52.6 Å². The Morgan fingerprint density at radius 2 is 2.06 bits per heavy atom. The average molecular weight is 293 g/mol. The van der Waals surface area contributed by atoms with Gasteiger partial charge in [0, 0.05) is 28.8 Å². The lowest BCUT2D eigenvalue weighted by Crippen LogP contribution is -2.06. The maximum absolute atomic E-state index is 5.75. The Hall–Kier alpha value is -1.39. The van der Waals surface area contributed by atoms with Crippen molar-refractivity contribution in [1.29, 1.82) is 0 Å². The van der Waals surface area contributed by atoms with Crippen molar-refractivity contribution in [3.8, 4) is 11.6 Å². The highest BCUT2D eigenvalue weighted by atomic mass is 79.9. The van der Waals surface area contributed by atoms with Crippen molar-refractivity contribution in [2.24, 2.45) is 0 Å². The summed E-state index contributed by atoms with van der Waals surface area (Å²) in [4.78, 5) is 4.19. The molecule has 0 aliphatic carbocycles. The Labute approximate surface area is 109 Å². The Morgan fingerprint density at radius 1 is 1.24 bits per heavy atom. The summed E-state index contributed by atoms with van der Waals surface area (Å²) in [5.41, 5.74) is 1.11. The van der Waals surface area contributed by atoms with Crippen molar-refractivity contribution in [1.82, 2.24) is 10.3 Å². The van der Waals surface area contributed by atoms with Gasteiger partial charge in [0.2, 0.25) is 5.88 Å². The second-order valence-electron chi connectivity index (χ2n) is 3.55. The molecule has 0 radical (unpaired) electrons. The summed E-state index contributed by atoms with van der Waals surface area (Å²) in [5.74, 6) is 1.42. The number of rotatable bonds is 4. The number of ether oxygens (including phenoxy) is 1. The molecule has 0 fully saturated rings. The molecule has 1 heterocycles. The molecule has 0 atom stereocenters. The Morgan fingerprint density at radius 3 is 2.76 bits per heavy atom. The fourth-order valence-electron chi connectivity index (χ4n) is 1.48. The van der Waals surface area contributed by atoms with Crippen LogP contribution in [-0.4, -0.2) is 12.0 Å². The van der Waals surface area contributed by atoms with Crippen LogP contribution in [-0.2, 0) is 6.54 Å². The molecular formula is C13H13BrN2O. The third-order valence-electron chi connectivity index (χ3n) is 2.25. The third-order valence-corrected chi connectivity index (χ3v) is 2.72. The first-order valence-corrected chi connectivity index (χ1v) is 6.11. The SMILES string of the molecule is CNCc1ccccc1Oc1ccc(Br)cn1. The van der Waals surface area contributed by atoms with E-state index < -0.39 is 0 Å². The van der Waals surface area contributed by atoms with Crippen LogP contribution in [0.15, 0.2) is 47.1 Å². The van der Waals surface area contributed by atoms with Gasteiger partial charge >= 0.3 is 0 Å². The summed E-state index contributed by atoms with van der Waals surface area (Å²) in [5, 5.41) is 3.11. The van der Waals surface area contributed by atoms with Crippen molar-refractivity contribution < 1.29 is 4.74 Å². The van der Waals surface area contributed by atoms with Crippen molar-refractivity contribution in [3.63, 3.8) is 0 Å². The summed E-state index contributed by atoms with van der Waals surface area (Å²) >= 11 is 3.34. The van der Waals surface area contributed by atoms with Crippen LogP contribution in [0.3, 0.4) is 0 Å². The van der Waals surface area contributed by atoms with Gasteiger partial charge in [-0.25, -0.2) is 4.98 Å². The maximum atomic E-state index is 5.75. The lowest BCUT2D eigenvalue weighted by Gasteiger charge is -2.09. The Balaban J connectivity index is 2.20. The standard InChI is InChI=1S/C13H13BrN2O/c1-15-8-10-4-2-3-5-12(10)17-13-7-6-11(14)9-16-13/h2-7,9,15H,8H2,1H3. The normalized spacial score (nSPS) is 10.2. The molecule has 17 heavy (non-hydrogen) atoms. The highest BCUT2D eigenvalue weighted by molar-refractivity contribution is 9.10. The van der Waals surface area contributed by atoms with E-state index in [9.17, 15) is 0 Å². The predicted octanol–water partition coefficient (Wildman–Crippen LogP) is 3.36. The van der Waals surface area contributed by atoms with Gasteiger partial charge in [-0.2, -0.15) is 0 Å². The molecule has 0 unspecified atom stereocenters. The predicted molar refractivity (Wildman–Crippen MR) is 71.2 cm³/mol. The molecule has 2 aromatic rings. The lowest BCUT2D eigenvalue weighted by atomic mass is 10.2. The Bertz CT molecular complexity index is 485. The summed E-state index contributed by atoms with van der Waals surface area (Å²) in [6.45, 7) is 0.771. The quantitative estimate of drug-likeness (QED) is 0.938. The van der Waals surface area contributed by atoms with E-state index in [4.69, 9.17) is 4.74 Å². The van der Waals surface area contributed by atoms with Gasteiger partial charge in [-0.05, 0) is 35.1 Å². The van der Waals surface area contributed by atoms with Gasteiger partial charge in [0.25, 0.3) is 0 Å². The molecule has 0 saturated heterocycles. The number of halogens is 1. The van der Waals surface area contributed by atoms with Crippen molar-refractivity contribution in [2.75, 3.05) is 7.05 Å². The third kappa shape index (κ3) is 3.28. The summed E-state index contributed by atoms with van der Waals surface area (Å²) in [7, 11) is 1.91. The van der Waals surface area contributed by atoms with Crippen molar-refractivity contribution >= 4 is 15.9 Å². The van der Waals surface area contributed by atoms with Crippen LogP contribution in [0.1, 0.15) is 5.56 Å².